The summed E-state index contributed by atoms with van der Waals surface area (Å²) in [6.07, 6.45) is 1.48. The van der Waals surface area contributed by atoms with Crippen molar-refractivity contribution in [2.24, 2.45) is 0 Å². The normalized spacial score (nSPS) is 17.9. The van der Waals surface area contributed by atoms with Crippen molar-refractivity contribution >= 4 is 35.8 Å². The molecule has 2 aliphatic heterocycles. The van der Waals surface area contributed by atoms with Crippen molar-refractivity contribution < 1.29 is 43.0 Å². The maximum atomic E-state index is 14.8. The molecule has 2 heterocycles. The highest BCUT2D eigenvalue weighted by molar-refractivity contribution is 5.97. The minimum atomic E-state index is -1.46. The van der Waals surface area contributed by atoms with Gasteiger partial charge in [0.05, 0.1) is 6.42 Å². The molecule has 0 aromatic heterocycles. The molecule has 4 atom stereocenters. The smallest absolute Gasteiger partial charge is 0.410 e. The number of amides is 4. The van der Waals surface area contributed by atoms with E-state index in [1.165, 1.54) is 21.7 Å². The molecule has 0 spiro atoms. The van der Waals surface area contributed by atoms with E-state index in [-0.39, 0.29) is 38.6 Å². The summed E-state index contributed by atoms with van der Waals surface area (Å²) in [5.74, 6) is -3.25. The second-order valence-corrected chi connectivity index (χ2v) is 17.8. The predicted octanol–water partition coefficient (Wildman–Crippen LogP) is 6.81. The van der Waals surface area contributed by atoms with Gasteiger partial charge in [0.25, 0.3) is 0 Å². The number of rotatable bonds is 14. The Bertz CT molecular complexity index is 2270. The van der Waals surface area contributed by atoms with Gasteiger partial charge in [0.2, 0.25) is 17.7 Å². The van der Waals surface area contributed by atoms with Crippen LogP contribution in [0.25, 0.3) is 11.1 Å². The highest BCUT2D eigenvalue weighted by Crippen LogP contribution is 2.44. The lowest BCUT2D eigenvalue weighted by atomic mass is 9.98. The third-order valence-corrected chi connectivity index (χ3v) is 12.2. The van der Waals surface area contributed by atoms with E-state index in [4.69, 9.17) is 14.2 Å². The van der Waals surface area contributed by atoms with Crippen LogP contribution in [0.5, 0.6) is 0 Å². The number of carbonyl (C=O) groups is 6. The molecule has 1 unspecified atom stereocenters. The van der Waals surface area contributed by atoms with Crippen molar-refractivity contribution in [3.63, 3.8) is 0 Å². The van der Waals surface area contributed by atoms with Gasteiger partial charge in [-0.2, -0.15) is 0 Å². The van der Waals surface area contributed by atoms with Crippen molar-refractivity contribution in [2.45, 2.75) is 108 Å². The molecule has 13 heteroatoms. The van der Waals surface area contributed by atoms with Gasteiger partial charge in [-0.3, -0.25) is 24.1 Å². The lowest BCUT2D eigenvalue weighted by molar-refractivity contribution is -0.159. The molecule has 336 valence electrons. The summed E-state index contributed by atoms with van der Waals surface area (Å²) in [4.78, 5) is 88.8. The van der Waals surface area contributed by atoms with Crippen LogP contribution in [0.1, 0.15) is 87.5 Å². The maximum absolute atomic E-state index is 14.8. The van der Waals surface area contributed by atoms with Crippen molar-refractivity contribution in [2.75, 3.05) is 26.7 Å². The van der Waals surface area contributed by atoms with Gasteiger partial charge in [0.15, 0.2) is 0 Å². The van der Waals surface area contributed by atoms with E-state index >= 15 is 0 Å². The molecule has 0 saturated carbocycles. The van der Waals surface area contributed by atoms with Gasteiger partial charge in [0, 0.05) is 32.5 Å². The molecule has 13 nitrogen and oxygen atoms in total. The molecule has 1 N–H and O–H groups in total. The lowest BCUT2D eigenvalue weighted by Crippen LogP contribution is -2.60. The monoisotopic (exact) mass is 870 g/mol. The largest absolute Gasteiger partial charge is 0.460 e. The number of piperidine rings is 1. The summed E-state index contributed by atoms with van der Waals surface area (Å²) < 4.78 is 17.3. The Morgan fingerprint density at radius 3 is 1.92 bits per heavy atom. The van der Waals surface area contributed by atoms with Crippen LogP contribution in [0.3, 0.4) is 0 Å². The molecule has 4 amide bonds. The number of ether oxygens (including phenoxy) is 3. The van der Waals surface area contributed by atoms with Crippen LogP contribution in [0, 0.1) is 0 Å². The average molecular weight is 871 g/mol. The summed E-state index contributed by atoms with van der Waals surface area (Å²) in [5.41, 5.74) is 4.98. The van der Waals surface area contributed by atoms with Gasteiger partial charge in [-0.05, 0) is 86.3 Å². The zero-order valence-corrected chi connectivity index (χ0v) is 37.1. The number of carbonyl (C=O) groups excluding carboxylic acids is 6. The van der Waals surface area contributed by atoms with E-state index in [9.17, 15) is 28.8 Å². The molecule has 0 radical (unpaired) electrons. The number of nitrogens with zero attached hydrogens (tertiary/aromatic N) is 3. The third-order valence-electron chi connectivity index (χ3n) is 12.2. The van der Waals surface area contributed by atoms with Gasteiger partial charge < -0.3 is 29.3 Å². The molecular weight excluding hydrogens is 813 g/mol. The fourth-order valence-corrected chi connectivity index (χ4v) is 9.04. The highest BCUT2D eigenvalue weighted by atomic mass is 16.6. The van der Waals surface area contributed by atoms with Gasteiger partial charge in [-0.15, -0.1) is 0 Å². The molecular formula is C51H58N4O9. The molecule has 0 bridgehead atoms. The van der Waals surface area contributed by atoms with Gasteiger partial charge in [0.1, 0.15) is 43.0 Å². The fourth-order valence-electron chi connectivity index (χ4n) is 9.04. The number of fused-ring (bicyclic) bond motifs is 3. The number of nitrogens with one attached hydrogen (secondary N) is 1. The summed E-state index contributed by atoms with van der Waals surface area (Å²) in [5, 5.41) is 2.80. The van der Waals surface area contributed by atoms with Crippen LogP contribution in [-0.4, -0.2) is 107 Å². The second kappa shape index (κ2) is 20.3. The van der Waals surface area contributed by atoms with E-state index < -0.39 is 71.9 Å². The zero-order chi connectivity index (χ0) is 45.4. The van der Waals surface area contributed by atoms with Gasteiger partial charge in [-0.25, -0.2) is 9.59 Å². The Hall–Kier alpha value is -6.50. The van der Waals surface area contributed by atoms with Gasteiger partial charge >= 0.3 is 18.0 Å². The van der Waals surface area contributed by atoms with E-state index in [0.717, 1.165) is 33.4 Å². The average Bonchev–Trinajstić information content (AvgIpc) is 3.92. The standard InChI is InChI=1S/C51H58N4O9/c1-51(2,3)64-45(56)31-41(52-46(57)42-26-15-16-28-55(42)50(61)63-33-40-38-24-13-11-22-36(38)37-23-12-14-25-39(37)40)47(58)53(4)44(30-34-18-7-5-8-19-34)48(59)54-29-17-27-43(54)49(60)62-32-35-20-9-6-10-21-35/h5-14,18-25,40-44H,15-17,26-33H2,1-4H3,(H,52,57)/t41-,42+,43-,44?/m0/s1. The van der Waals surface area contributed by atoms with Crippen LogP contribution >= 0.6 is 0 Å². The van der Waals surface area contributed by atoms with E-state index in [2.05, 4.69) is 17.4 Å². The Labute approximate surface area is 375 Å². The van der Waals surface area contributed by atoms with Crippen molar-refractivity contribution in [1.29, 1.82) is 0 Å². The molecule has 7 rings (SSSR count). The Balaban J connectivity index is 1.09. The quantitative estimate of drug-likeness (QED) is 0.106. The highest BCUT2D eigenvalue weighted by Gasteiger charge is 2.43. The van der Waals surface area contributed by atoms with E-state index in [1.54, 1.807) is 20.8 Å². The van der Waals surface area contributed by atoms with Crippen LogP contribution in [0.15, 0.2) is 109 Å². The molecule has 2 saturated heterocycles. The number of likely N-dealkylation sites (N-methyl/N-ethyl adjacent to an activating group) is 1. The lowest BCUT2D eigenvalue weighted by Gasteiger charge is -2.37. The first-order chi connectivity index (χ1) is 30.8. The third kappa shape index (κ3) is 10.8. The number of hydrogen-bond acceptors (Lipinski definition) is 9. The summed E-state index contributed by atoms with van der Waals surface area (Å²) in [6, 6.07) is 30.1. The van der Waals surface area contributed by atoms with Crippen LogP contribution in [0.2, 0.25) is 0 Å². The van der Waals surface area contributed by atoms with E-state index in [0.29, 0.717) is 32.1 Å². The summed E-state index contributed by atoms with van der Waals surface area (Å²) >= 11 is 0. The van der Waals surface area contributed by atoms with Crippen molar-refractivity contribution in [1.82, 2.24) is 20.0 Å². The van der Waals surface area contributed by atoms with Crippen LogP contribution in [-0.2, 0) is 51.2 Å². The molecule has 3 aliphatic rings. The van der Waals surface area contributed by atoms with Crippen molar-refractivity contribution in [3.05, 3.63) is 131 Å². The maximum Gasteiger partial charge on any atom is 0.410 e. The fraction of sp³-hybridized carbons (Fsp3) is 0.412. The molecule has 1 aliphatic carbocycles. The Kier molecular flexibility index (Phi) is 14.5. The predicted molar refractivity (Wildman–Crippen MR) is 239 cm³/mol. The SMILES string of the molecule is CN(C(=O)[C@H](CC(=O)OC(C)(C)C)NC(=O)[C@H]1CCCCN1C(=O)OCC1c2ccccc2-c2ccccc21)C(Cc1ccccc1)C(=O)N1CCC[C@H]1C(=O)OCc1ccccc1. The minimum Gasteiger partial charge on any atom is -0.460 e. The first-order valence-electron chi connectivity index (χ1n) is 22.2. The number of benzene rings is 4. The minimum absolute atomic E-state index is 0.0514. The summed E-state index contributed by atoms with van der Waals surface area (Å²) in [6.45, 7) is 5.77. The Morgan fingerprint density at radius 2 is 1.28 bits per heavy atom. The topological polar surface area (TPSA) is 152 Å². The van der Waals surface area contributed by atoms with Crippen LogP contribution in [0.4, 0.5) is 4.79 Å². The molecule has 4 aromatic rings. The Morgan fingerprint density at radius 1 is 0.703 bits per heavy atom. The number of esters is 2. The number of likely N-dealkylation sites (tertiary alicyclic amines) is 2. The molecule has 2 fully saturated rings. The number of hydrogen-bond donors (Lipinski definition) is 1. The zero-order valence-electron chi connectivity index (χ0n) is 37.1. The summed E-state index contributed by atoms with van der Waals surface area (Å²) in [7, 11) is 1.46. The second-order valence-electron chi connectivity index (χ2n) is 17.8. The molecule has 64 heavy (non-hydrogen) atoms. The van der Waals surface area contributed by atoms with E-state index in [1.807, 2.05) is 97.1 Å². The van der Waals surface area contributed by atoms with Gasteiger partial charge in [-0.1, -0.05) is 109 Å². The van der Waals surface area contributed by atoms with Crippen molar-refractivity contribution in [3.8, 4) is 11.1 Å². The van der Waals surface area contributed by atoms with Crippen LogP contribution < -0.4 is 5.32 Å². The first kappa shape index (κ1) is 45.5. The first-order valence-corrected chi connectivity index (χ1v) is 22.2. The molecule has 4 aromatic carbocycles.